The van der Waals surface area contributed by atoms with Crippen LogP contribution >= 0.6 is 35.0 Å². The van der Waals surface area contributed by atoms with Gasteiger partial charge in [0.25, 0.3) is 0 Å². The van der Waals surface area contributed by atoms with Gasteiger partial charge in [-0.05, 0) is 29.8 Å². The minimum Gasteiger partial charge on any atom is -0.478 e. The van der Waals surface area contributed by atoms with Gasteiger partial charge in [-0.1, -0.05) is 41.4 Å². The van der Waals surface area contributed by atoms with E-state index in [1.807, 2.05) is 24.3 Å². The number of hydrogen-bond donors (Lipinski definition) is 1. The molecule has 0 fully saturated rings. The number of carboxylic acid groups (broad SMARTS) is 1. The van der Waals surface area contributed by atoms with E-state index in [0.717, 1.165) is 5.56 Å². The van der Waals surface area contributed by atoms with E-state index in [9.17, 15) is 4.79 Å². The van der Waals surface area contributed by atoms with Crippen LogP contribution in [0.4, 0.5) is 0 Å². The van der Waals surface area contributed by atoms with Crippen molar-refractivity contribution in [2.24, 2.45) is 0 Å². The first-order valence-electron chi connectivity index (χ1n) is 5.47. The third-order valence-corrected chi connectivity index (χ3v) is 4.22. The summed E-state index contributed by atoms with van der Waals surface area (Å²) >= 11 is 13.4. The van der Waals surface area contributed by atoms with Crippen LogP contribution in [0.1, 0.15) is 15.9 Å². The number of halogens is 2. The largest absolute Gasteiger partial charge is 0.478 e. The molecule has 0 unspecified atom stereocenters. The molecule has 1 N–H and O–H groups in total. The van der Waals surface area contributed by atoms with E-state index >= 15 is 0 Å². The van der Waals surface area contributed by atoms with E-state index < -0.39 is 5.97 Å². The zero-order valence-electron chi connectivity index (χ0n) is 9.77. The van der Waals surface area contributed by atoms with Gasteiger partial charge in [0.15, 0.2) is 0 Å². The van der Waals surface area contributed by atoms with Crippen LogP contribution in [-0.4, -0.2) is 11.1 Å². The molecular weight excluding hydrogens is 303 g/mol. The molecule has 5 heteroatoms. The van der Waals surface area contributed by atoms with Crippen LogP contribution in [0.5, 0.6) is 0 Å². The highest BCUT2D eigenvalue weighted by atomic mass is 35.5. The van der Waals surface area contributed by atoms with Gasteiger partial charge >= 0.3 is 5.97 Å². The summed E-state index contributed by atoms with van der Waals surface area (Å²) in [5, 5.41) is 10.3. The molecule has 2 nitrogen and oxygen atoms in total. The number of hydrogen-bond acceptors (Lipinski definition) is 2. The number of carbonyl (C=O) groups is 1. The first kappa shape index (κ1) is 14.3. The lowest BCUT2D eigenvalue weighted by Gasteiger charge is -2.07. The van der Waals surface area contributed by atoms with Crippen LogP contribution in [0.2, 0.25) is 10.0 Å². The monoisotopic (exact) mass is 312 g/mol. The summed E-state index contributed by atoms with van der Waals surface area (Å²) in [6, 6.07) is 12.2. The van der Waals surface area contributed by atoms with Crippen molar-refractivity contribution in [2.75, 3.05) is 0 Å². The topological polar surface area (TPSA) is 37.3 Å². The lowest BCUT2D eigenvalue weighted by molar-refractivity contribution is 0.0693. The van der Waals surface area contributed by atoms with Gasteiger partial charge in [0.2, 0.25) is 0 Å². The van der Waals surface area contributed by atoms with Gasteiger partial charge in [-0.3, -0.25) is 0 Å². The first-order valence-corrected chi connectivity index (χ1v) is 7.21. The normalized spacial score (nSPS) is 10.4. The molecule has 0 spiro atoms. The highest BCUT2D eigenvalue weighted by molar-refractivity contribution is 7.98. The summed E-state index contributed by atoms with van der Waals surface area (Å²) < 4.78 is 0. The van der Waals surface area contributed by atoms with Crippen molar-refractivity contribution < 1.29 is 9.90 Å². The summed E-state index contributed by atoms with van der Waals surface area (Å²) in [6.07, 6.45) is 0. The molecule has 0 aliphatic heterocycles. The summed E-state index contributed by atoms with van der Waals surface area (Å²) in [5.74, 6) is -0.362. The second-order valence-electron chi connectivity index (χ2n) is 3.83. The van der Waals surface area contributed by atoms with E-state index in [-0.39, 0.29) is 5.56 Å². The number of aromatic carboxylic acids is 1. The molecule has 19 heavy (non-hydrogen) atoms. The Morgan fingerprint density at radius 2 is 1.89 bits per heavy atom. The third-order valence-electron chi connectivity index (χ3n) is 2.52. The van der Waals surface area contributed by atoms with E-state index in [2.05, 4.69) is 0 Å². The second kappa shape index (κ2) is 6.33. The van der Waals surface area contributed by atoms with Crippen molar-refractivity contribution in [2.45, 2.75) is 10.6 Å². The molecule has 0 radical (unpaired) electrons. The SMILES string of the molecule is O=C(O)c1ccc(Cl)cc1SCc1ccccc1Cl. The lowest BCUT2D eigenvalue weighted by atomic mass is 10.2. The minimum atomic E-state index is -0.960. The van der Waals surface area contributed by atoms with Gasteiger partial charge in [0, 0.05) is 20.7 Å². The van der Waals surface area contributed by atoms with Gasteiger partial charge in [-0.15, -0.1) is 11.8 Å². The molecule has 0 saturated carbocycles. The predicted octanol–water partition coefficient (Wildman–Crippen LogP) is 4.98. The molecule has 0 aliphatic carbocycles. The van der Waals surface area contributed by atoms with E-state index in [4.69, 9.17) is 28.3 Å². The second-order valence-corrected chi connectivity index (χ2v) is 5.69. The van der Waals surface area contributed by atoms with Gasteiger partial charge in [0.05, 0.1) is 5.56 Å². The van der Waals surface area contributed by atoms with Crippen LogP contribution in [-0.2, 0) is 5.75 Å². The Labute approximate surface area is 125 Å². The number of thioether (sulfide) groups is 1. The number of benzene rings is 2. The zero-order valence-corrected chi connectivity index (χ0v) is 12.1. The Morgan fingerprint density at radius 1 is 1.16 bits per heavy atom. The molecule has 2 rings (SSSR count). The van der Waals surface area contributed by atoms with Gasteiger partial charge in [-0.25, -0.2) is 4.79 Å². The Hall–Kier alpha value is -1.16. The van der Waals surface area contributed by atoms with Crippen molar-refractivity contribution in [3.8, 4) is 0 Å². The van der Waals surface area contributed by atoms with Crippen molar-refractivity contribution >= 4 is 40.9 Å². The van der Waals surface area contributed by atoms with Crippen molar-refractivity contribution in [1.29, 1.82) is 0 Å². The smallest absolute Gasteiger partial charge is 0.336 e. The van der Waals surface area contributed by atoms with Crippen LogP contribution in [0.15, 0.2) is 47.4 Å². The molecule has 0 heterocycles. The first-order chi connectivity index (χ1) is 9.08. The Bertz CT molecular complexity index is 614. The average Bonchev–Trinajstić information content (AvgIpc) is 2.37. The molecular formula is C14H10Cl2O2S. The number of carboxylic acids is 1. The van der Waals surface area contributed by atoms with E-state index in [1.54, 1.807) is 12.1 Å². The fourth-order valence-corrected chi connectivity index (χ4v) is 3.17. The molecule has 0 aliphatic rings. The van der Waals surface area contributed by atoms with Gasteiger partial charge in [-0.2, -0.15) is 0 Å². The quantitative estimate of drug-likeness (QED) is 0.809. The van der Waals surface area contributed by atoms with Crippen LogP contribution < -0.4 is 0 Å². The lowest BCUT2D eigenvalue weighted by Crippen LogP contribution is -1.98. The third kappa shape index (κ3) is 3.66. The number of rotatable bonds is 4. The van der Waals surface area contributed by atoms with Crippen LogP contribution in [0.25, 0.3) is 0 Å². The van der Waals surface area contributed by atoms with E-state index in [0.29, 0.717) is 20.7 Å². The minimum absolute atomic E-state index is 0.251. The Balaban J connectivity index is 2.22. The molecule has 0 atom stereocenters. The summed E-state index contributed by atoms with van der Waals surface area (Å²) in [5.41, 5.74) is 1.21. The molecule has 2 aromatic carbocycles. The maximum atomic E-state index is 11.1. The standard InChI is InChI=1S/C14H10Cl2O2S/c15-10-5-6-11(14(17)18)13(7-10)19-8-9-3-1-2-4-12(9)16/h1-7H,8H2,(H,17,18). The fraction of sp³-hybridized carbons (Fsp3) is 0.0714. The molecule has 98 valence electrons. The fourth-order valence-electron chi connectivity index (χ4n) is 1.56. The Kier molecular flexibility index (Phi) is 4.75. The van der Waals surface area contributed by atoms with Gasteiger partial charge < -0.3 is 5.11 Å². The Morgan fingerprint density at radius 3 is 2.58 bits per heavy atom. The van der Waals surface area contributed by atoms with Crippen molar-refractivity contribution in [3.63, 3.8) is 0 Å². The van der Waals surface area contributed by atoms with Crippen molar-refractivity contribution in [3.05, 3.63) is 63.6 Å². The summed E-state index contributed by atoms with van der Waals surface area (Å²) in [6.45, 7) is 0. The van der Waals surface area contributed by atoms with Gasteiger partial charge in [0.1, 0.15) is 0 Å². The summed E-state index contributed by atoms with van der Waals surface area (Å²) in [7, 11) is 0. The molecule has 2 aromatic rings. The molecule has 0 amide bonds. The molecule has 0 aromatic heterocycles. The predicted molar refractivity (Wildman–Crippen MR) is 79.4 cm³/mol. The maximum Gasteiger partial charge on any atom is 0.336 e. The van der Waals surface area contributed by atoms with Crippen LogP contribution in [0.3, 0.4) is 0 Å². The van der Waals surface area contributed by atoms with Crippen LogP contribution in [0, 0.1) is 0 Å². The zero-order chi connectivity index (χ0) is 13.8. The van der Waals surface area contributed by atoms with E-state index in [1.165, 1.54) is 17.8 Å². The molecule has 0 bridgehead atoms. The van der Waals surface area contributed by atoms with Crippen molar-refractivity contribution in [1.82, 2.24) is 0 Å². The highest BCUT2D eigenvalue weighted by Gasteiger charge is 2.11. The summed E-state index contributed by atoms with van der Waals surface area (Å²) in [4.78, 5) is 11.8. The average molecular weight is 313 g/mol. The maximum absolute atomic E-state index is 11.1. The highest BCUT2D eigenvalue weighted by Crippen LogP contribution is 2.31. The molecule has 0 saturated heterocycles.